The van der Waals surface area contributed by atoms with Crippen LogP contribution in [0.2, 0.25) is 0 Å². The molecule has 1 atom stereocenters. The van der Waals surface area contributed by atoms with E-state index in [4.69, 9.17) is 0 Å². The maximum Gasteiger partial charge on any atom is 0.238 e. The van der Waals surface area contributed by atoms with Gasteiger partial charge in [0, 0.05) is 24.6 Å². The fraction of sp³-hybridized carbons (Fsp3) is 0.261. The van der Waals surface area contributed by atoms with Gasteiger partial charge in [0.15, 0.2) is 0 Å². The molecule has 1 aliphatic rings. The topological polar surface area (TPSA) is 37.3 Å². The Morgan fingerprint density at radius 3 is 2.44 bits per heavy atom. The molecule has 3 aromatic rings. The van der Waals surface area contributed by atoms with Crippen LogP contribution >= 0.6 is 0 Å². The van der Waals surface area contributed by atoms with Gasteiger partial charge in [-0.1, -0.05) is 42.5 Å². The van der Waals surface area contributed by atoms with E-state index in [9.17, 15) is 4.79 Å². The van der Waals surface area contributed by atoms with Crippen LogP contribution in [0, 0.1) is 0 Å². The third-order valence-corrected chi connectivity index (χ3v) is 5.31. The number of aryl methyl sites for hydroxylation is 1. The molecule has 0 saturated carbocycles. The zero-order valence-corrected chi connectivity index (χ0v) is 15.6. The van der Waals surface area contributed by atoms with Crippen molar-refractivity contribution >= 4 is 11.6 Å². The molecule has 1 aliphatic heterocycles. The monoisotopic (exact) mass is 359 g/mol. The number of rotatable bonds is 5. The predicted octanol–water partition coefficient (Wildman–Crippen LogP) is 4.47. The first-order valence-corrected chi connectivity index (χ1v) is 9.51. The van der Waals surface area contributed by atoms with Gasteiger partial charge in [-0.3, -0.25) is 9.69 Å². The Bertz CT molecular complexity index is 899. The van der Waals surface area contributed by atoms with Crippen LogP contribution in [0.4, 0.5) is 5.69 Å². The van der Waals surface area contributed by atoms with Gasteiger partial charge < -0.3 is 9.88 Å². The molecule has 1 aromatic heterocycles. The zero-order chi connectivity index (χ0) is 18.6. The molecule has 0 unspecified atom stereocenters. The fourth-order valence-electron chi connectivity index (χ4n) is 3.93. The molecule has 1 amide bonds. The van der Waals surface area contributed by atoms with Gasteiger partial charge in [0.2, 0.25) is 5.91 Å². The summed E-state index contributed by atoms with van der Waals surface area (Å²) in [6.45, 7) is 1.40. The second-order valence-corrected chi connectivity index (χ2v) is 7.16. The van der Waals surface area contributed by atoms with Crippen LogP contribution in [0.15, 0.2) is 72.9 Å². The second-order valence-electron chi connectivity index (χ2n) is 7.16. The van der Waals surface area contributed by atoms with Crippen LogP contribution in [0.25, 0.3) is 11.1 Å². The first-order chi connectivity index (χ1) is 13.2. The van der Waals surface area contributed by atoms with Crippen molar-refractivity contribution in [3.05, 3.63) is 78.6 Å². The number of carbonyl (C=O) groups is 1. The van der Waals surface area contributed by atoms with E-state index >= 15 is 0 Å². The quantitative estimate of drug-likeness (QED) is 0.730. The Labute approximate surface area is 160 Å². The van der Waals surface area contributed by atoms with E-state index in [0.717, 1.165) is 30.6 Å². The highest BCUT2D eigenvalue weighted by atomic mass is 16.2. The number of hydrogen-bond donors (Lipinski definition) is 1. The number of nitrogens with zero attached hydrogens (tertiary/aromatic N) is 2. The molecule has 0 spiro atoms. The molecule has 0 radical (unpaired) electrons. The summed E-state index contributed by atoms with van der Waals surface area (Å²) in [4.78, 5) is 14.8. The first kappa shape index (κ1) is 17.6. The molecular weight excluding hydrogens is 334 g/mol. The Balaban J connectivity index is 1.38. The van der Waals surface area contributed by atoms with E-state index in [1.807, 2.05) is 42.5 Å². The van der Waals surface area contributed by atoms with E-state index in [0.29, 0.717) is 12.6 Å². The lowest BCUT2D eigenvalue weighted by atomic mass is 10.1. The standard InChI is InChI=1S/C23H25N3O/c1-25-15-5-9-21(25)22-10-6-16-26(22)17-23(27)24-20-13-11-19(12-14-20)18-7-3-2-4-8-18/h2-5,7-9,11-15,22H,6,10,16-17H2,1H3,(H,24,27)/t22-/m0/s1. The molecule has 4 nitrogen and oxygen atoms in total. The number of anilines is 1. The molecule has 1 saturated heterocycles. The lowest BCUT2D eigenvalue weighted by Gasteiger charge is -2.24. The molecule has 1 fully saturated rings. The van der Waals surface area contributed by atoms with Gasteiger partial charge in [0.05, 0.1) is 12.6 Å². The minimum atomic E-state index is 0.0450. The highest BCUT2D eigenvalue weighted by Crippen LogP contribution is 2.31. The van der Waals surface area contributed by atoms with E-state index in [-0.39, 0.29) is 5.91 Å². The first-order valence-electron chi connectivity index (χ1n) is 9.51. The predicted molar refractivity (Wildman–Crippen MR) is 109 cm³/mol. The van der Waals surface area contributed by atoms with Crippen molar-refractivity contribution in [2.75, 3.05) is 18.4 Å². The average molecular weight is 359 g/mol. The van der Waals surface area contributed by atoms with E-state index < -0.39 is 0 Å². The summed E-state index contributed by atoms with van der Waals surface area (Å²) in [5.74, 6) is 0.0450. The van der Waals surface area contributed by atoms with Gasteiger partial charge in [-0.25, -0.2) is 0 Å². The van der Waals surface area contributed by atoms with E-state index in [2.05, 4.69) is 52.3 Å². The highest BCUT2D eigenvalue weighted by molar-refractivity contribution is 5.92. The van der Waals surface area contributed by atoms with Crippen molar-refractivity contribution in [3.8, 4) is 11.1 Å². The third-order valence-electron chi connectivity index (χ3n) is 5.31. The average Bonchev–Trinajstić information content (AvgIpc) is 3.31. The van der Waals surface area contributed by atoms with Gasteiger partial charge in [-0.15, -0.1) is 0 Å². The van der Waals surface area contributed by atoms with Crippen molar-refractivity contribution in [3.63, 3.8) is 0 Å². The van der Waals surface area contributed by atoms with Crippen LogP contribution in [0.3, 0.4) is 0 Å². The number of nitrogens with one attached hydrogen (secondary N) is 1. The Hall–Kier alpha value is -2.85. The largest absolute Gasteiger partial charge is 0.353 e. The highest BCUT2D eigenvalue weighted by Gasteiger charge is 2.28. The molecule has 1 N–H and O–H groups in total. The number of benzene rings is 2. The Morgan fingerprint density at radius 1 is 1.00 bits per heavy atom. The lowest BCUT2D eigenvalue weighted by Crippen LogP contribution is -2.33. The van der Waals surface area contributed by atoms with Gasteiger partial charge in [0.25, 0.3) is 0 Å². The van der Waals surface area contributed by atoms with Gasteiger partial charge >= 0.3 is 0 Å². The molecule has 2 aromatic carbocycles. The molecule has 4 heteroatoms. The third kappa shape index (κ3) is 3.96. The smallest absolute Gasteiger partial charge is 0.238 e. The maximum absolute atomic E-state index is 12.6. The van der Waals surface area contributed by atoms with Crippen LogP contribution in [0.1, 0.15) is 24.6 Å². The van der Waals surface area contributed by atoms with Crippen molar-refractivity contribution in [2.24, 2.45) is 7.05 Å². The van der Waals surface area contributed by atoms with Crippen molar-refractivity contribution < 1.29 is 4.79 Å². The minimum Gasteiger partial charge on any atom is -0.353 e. The van der Waals surface area contributed by atoms with E-state index in [1.54, 1.807) is 0 Å². The maximum atomic E-state index is 12.6. The SMILES string of the molecule is Cn1cccc1[C@@H]1CCCN1CC(=O)Nc1ccc(-c2ccccc2)cc1. The summed E-state index contributed by atoms with van der Waals surface area (Å²) in [6, 6.07) is 22.8. The number of hydrogen-bond acceptors (Lipinski definition) is 2. The molecule has 138 valence electrons. The van der Waals surface area contributed by atoms with E-state index in [1.165, 1.54) is 11.3 Å². The Kier molecular flexibility index (Phi) is 5.07. The summed E-state index contributed by atoms with van der Waals surface area (Å²) < 4.78 is 2.16. The van der Waals surface area contributed by atoms with Gasteiger partial charge in [0.1, 0.15) is 0 Å². The summed E-state index contributed by atoms with van der Waals surface area (Å²) in [6.07, 6.45) is 4.31. The molecule has 0 aliphatic carbocycles. The molecule has 2 heterocycles. The summed E-state index contributed by atoms with van der Waals surface area (Å²) in [5, 5.41) is 3.04. The summed E-state index contributed by atoms with van der Waals surface area (Å²) in [5.41, 5.74) is 4.46. The normalized spacial score (nSPS) is 17.1. The molecule has 27 heavy (non-hydrogen) atoms. The number of carbonyl (C=O) groups excluding carboxylic acids is 1. The number of likely N-dealkylation sites (tertiary alicyclic amines) is 1. The fourth-order valence-corrected chi connectivity index (χ4v) is 3.93. The van der Waals surface area contributed by atoms with Crippen LogP contribution in [0.5, 0.6) is 0 Å². The van der Waals surface area contributed by atoms with Gasteiger partial charge in [-0.05, 0) is 54.8 Å². The second kappa shape index (κ2) is 7.80. The van der Waals surface area contributed by atoms with Crippen molar-refractivity contribution in [2.45, 2.75) is 18.9 Å². The minimum absolute atomic E-state index is 0.0450. The van der Waals surface area contributed by atoms with Gasteiger partial charge in [-0.2, -0.15) is 0 Å². The summed E-state index contributed by atoms with van der Waals surface area (Å²) >= 11 is 0. The molecule has 4 rings (SSSR count). The molecule has 0 bridgehead atoms. The lowest BCUT2D eigenvalue weighted by molar-refractivity contribution is -0.117. The molecular formula is C23H25N3O. The van der Waals surface area contributed by atoms with Crippen LogP contribution in [-0.4, -0.2) is 28.5 Å². The Morgan fingerprint density at radius 2 is 1.74 bits per heavy atom. The summed E-state index contributed by atoms with van der Waals surface area (Å²) in [7, 11) is 2.07. The zero-order valence-electron chi connectivity index (χ0n) is 15.6. The number of aromatic nitrogens is 1. The van der Waals surface area contributed by atoms with Crippen LogP contribution < -0.4 is 5.32 Å². The number of amides is 1. The van der Waals surface area contributed by atoms with Crippen molar-refractivity contribution in [1.82, 2.24) is 9.47 Å². The van der Waals surface area contributed by atoms with Crippen LogP contribution in [-0.2, 0) is 11.8 Å². The van der Waals surface area contributed by atoms with Crippen molar-refractivity contribution in [1.29, 1.82) is 0 Å².